The number of rotatable bonds is 2. The van der Waals surface area contributed by atoms with Gasteiger partial charge in [-0.25, -0.2) is 0 Å². The van der Waals surface area contributed by atoms with Gasteiger partial charge in [0.25, 0.3) is 0 Å². The Balaban J connectivity index is 1.87. The fraction of sp³-hybridized carbons (Fsp3) is 1.00. The zero-order valence-corrected chi connectivity index (χ0v) is 11.3. The van der Waals surface area contributed by atoms with Crippen LogP contribution in [0.4, 0.5) is 0 Å². The first-order valence-electron chi connectivity index (χ1n) is 6.89. The van der Waals surface area contributed by atoms with Crippen LogP contribution < -0.4 is 5.73 Å². The largest absolute Gasteiger partial charge is 0.327 e. The zero-order valence-electron chi connectivity index (χ0n) is 11.3. The summed E-state index contributed by atoms with van der Waals surface area (Å²) in [7, 11) is 0. The van der Waals surface area contributed by atoms with Crippen LogP contribution in [0, 0.1) is 10.8 Å². The summed E-state index contributed by atoms with van der Waals surface area (Å²) in [5.74, 6) is 0. The van der Waals surface area contributed by atoms with Gasteiger partial charge in [-0.3, -0.25) is 0 Å². The standard InChI is InChI=1S/C14H28N2/c1-13(2)7-9-16(10-8-13)11-14(3)6-4-5-12(14)15/h12H,4-11,15H2,1-3H3. The summed E-state index contributed by atoms with van der Waals surface area (Å²) in [4.78, 5) is 2.65. The summed E-state index contributed by atoms with van der Waals surface area (Å²) in [6, 6.07) is 0.433. The molecule has 0 radical (unpaired) electrons. The Labute approximate surface area is 101 Å². The van der Waals surface area contributed by atoms with Crippen molar-refractivity contribution in [3.8, 4) is 0 Å². The lowest BCUT2D eigenvalue weighted by molar-refractivity contribution is 0.0845. The molecular formula is C14H28N2. The molecule has 1 aliphatic carbocycles. The molecule has 0 aromatic rings. The van der Waals surface area contributed by atoms with Crippen molar-refractivity contribution >= 4 is 0 Å². The Morgan fingerprint density at radius 1 is 1.12 bits per heavy atom. The minimum absolute atomic E-state index is 0.390. The summed E-state index contributed by atoms with van der Waals surface area (Å²) >= 11 is 0. The van der Waals surface area contributed by atoms with Crippen LogP contribution in [0.15, 0.2) is 0 Å². The molecule has 1 saturated heterocycles. The molecule has 2 N–H and O–H groups in total. The minimum Gasteiger partial charge on any atom is -0.327 e. The summed E-state index contributed by atoms with van der Waals surface area (Å²) in [6.45, 7) is 11.0. The van der Waals surface area contributed by atoms with Crippen molar-refractivity contribution in [2.45, 2.75) is 58.9 Å². The number of likely N-dealkylation sites (tertiary alicyclic amines) is 1. The molecule has 0 spiro atoms. The quantitative estimate of drug-likeness (QED) is 0.781. The van der Waals surface area contributed by atoms with Gasteiger partial charge in [0.15, 0.2) is 0 Å². The lowest BCUT2D eigenvalue weighted by atomic mass is 9.80. The second kappa shape index (κ2) is 4.30. The fourth-order valence-electron chi connectivity index (χ4n) is 3.28. The third-order valence-electron chi connectivity index (χ3n) is 4.95. The van der Waals surface area contributed by atoms with Crippen molar-refractivity contribution < 1.29 is 0 Å². The number of piperidine rings is 1. The van der Waals surface area contributed by atoms with Gasteiger partial charge in [-0.05, 0) is 49.6 Å². The fourth-order valence-corrected chi connectivity index (χ4v) is 3.28. The molecule has 0 amide bonds. The maximum atomic E-state index is 6.26. The molecular weight excluding hydrogens is 196 g/mol. The lowest BCUT2D eigenvalue weighted by Gasteiger charge is -2.41. The van der Waals surface area contributed by atoms with Crippen LogP contribution in [-0.4, -0.2) is 30.6 Å². The molecule has 2 fully saturated rings. The third kappa shape index (κ3) is 2.60. The first kappa shape index (κ1) is 12.4. The molecule has 2 unspecified atom stereocenters. The van der Waals surface area contributed by atoms with E-state index < -0.39 is 0 Å². The summed E-state index contributed by atoms with van der Waals surface area (Å²) in [5, 5.41) is 0. The van der Waals surface area contributed by atoms with Crippen LogP contribution in [0.1, 0.15) is 52.9 Å². The van der Waals surface area contributed by atoms with Gasteiger partial charge in [-0.1, -0.05) is 27.2 Å². The average molecular weight is 224 g/mol. The molecule has 0 aromatic carbocycles. The third-order valence-corrected chi connectivity index (χ3v) is 4.95. The smallest absolute Gasteiger partial charge is 0.0105 e. The Kier molecular flexibility index (Phi) is 3.33. The molecule has 2 heteroatoms. The normalized spacial score (nSPS) is 40.1. The molecule has 1 saturated carbocycles. The summed E-state index contributed by atoms with van der Waals surface area (Å²) in [5.41, 5.74) is 7.21. The molecule has 0 bridgehead atoms. The van der Waals surface area contributed by atoms with Gasteiger partial charge in [0.2, 0.25) is 0 Å². The molecule has 2 aliphatic rings. The molecule has 1 heterocycles. The first-order chi connectivity index (χ1) is 7.41. The summed E-state index contributed by atoms with van der Waals surface area (Å²) < 4.78 is 0. The Morgan fingerprint density at radius 2 is 1.75 bits per heavy atom. The van der Waals surface area contributed by atoms with Crippen LogP contribution in [0.3, 0.4) is 0 Å². The molecule has 94 valence electrons. The van der Waals surface area contributed by atoms with Gasteiger partial charge >= 0.3 is 0 Å². The van der Waals surface area contributed by atoms with Crippen molar-refractivity contribution in [2.75, 3.05) is 19.6 Å². The van der Waals surface area contributed by atoms with E-state index in [9.17, 15) is 0 Å². The highest BCUT2D eigenvalue weighted by molar-refractivity contribution is 4.94. The Hall–Kier alpha value is -0.0800. The Morgan fingerprint density at radius 3 is 2.25 bits per heavy atom. The molecule has 1 aliphatic heterocycles. The van der Waals surface area contributed by atoms with E-state index >= 15 is 0 Å². The van der Waals surface area contributed by atoms with Gasteiger partial charge in [-0.2, -0.15) is 0 Å². The SMILES string of the molecule is CC1(C)CCN(CC2(C)CCCC2N)CC1. The number of hydrogen-bond donors (Lipinski definition) is 1. The monoisotopic (exact) mass is 224 g/mol. The zero-order chi connectivity index (χ0) is 11.8. The van der Waals surface area contributed by atoms with Crippen molar-refractivity contribution in [3.05, 3.63) is 0 Å². The van der Waals surface area contributed by atoms with Gasteiger partial charge < -0.3 is 10.6 Å². The van der Waals surface area contributed by atoms with E-state index in [1.165, 1.54) is 51.7 Å². The predicted molar refractivity (Wildman–Crippen MR) is 69.4 cm³/mol. The molecule has 16 heavy (non-hydrogen) atoms. The van der Waals surface area contributed by atoms with E-state index in [0.29, 0.717) is 16.9 Å². The minimum atomic E-state index is 0.390. The van der Waals surface area contributed by atoms with Crippen LogP contribution in [0.5, 0.6) is 0 Å². The van der Waals surface area contributed by atoms with E-state index in [-0.39, 0.29) is 0 Å². The maximum Gasteiger partial charge on any atom is 0.0105 e. The van der Waals surface area contributed by atoms with E-state index in [1.54, 1.807) is 0 Å². The highest BCUT2D eigenvalue weighted by Crippen LogP contribution is 2.39. The van der Waals surface area contributed by atoms with Crippen molar-refractivity contribution in [2.24, 2.45) is 16.6 Å². The van der Waals surface area contributed by atoms with Crippen molar-refractivity contribution in [3.63, 3.8) is 0 Å². The Bertz CT molecular complexity index is 239. The van der Waals surface area contributed by atoms with E-state index in [1.807, 2.05) is 0 Å². The van der Waals surface area contributed by atoms with Crippen molar-refractivity contribution in [1.29, 1.82) is 0 Å². The second-order valence-electron chi connectivity index (χ2n) is 7.09. The highest BCUT2D eigenvalue weighted by Gasteiger charge is 2.38. The van der Waals surface area contributed by atoms with Crippen LogP contribution >= 0.6 is 0 Å². The van der Waals surface area contributed by atoms with Crippen LogP contribution in [0.2, 0.25) is 0 Å². The number of hydrogen-bond acceptors (Lipinski definition) is 2. The second-order valence-corrected chi connectivity index (χ2v) is 7.09. The molecule has 0 aromatic heterocycles. The van der Waals surface area contributed by atoms with Crippen LogP contribution in [0.25, 0.3) is 0 Å². The molecule has 2 atom stereocenters. The van der Waals surface area contributed by atoms with Gasteiger partial charge in [0.1, 0.15) is 0 Å². The maximum absolute atomic E-state index is 6.26. The van der Waals surface area contributed by atoms with E-state index in [2.05, 4.69) is 25.7 Å². The highest BCUT2D eigenvalue weighted by atomic mass is 15.1. The topological polar surface area (TPSA) is 29.3 Å². The predicted octanol–water partition coefficient (Wildman–Crippen LogP) is 2.63. The van der Waals surface area contributed by atoms with Gasteiger partial charge in [-0.15, -0.1) is 0 Å². The van der Waals surface area contributed by atoms with Gasteiger partial charge in [0.05, 0.1) is 0 Å². The molecule has 2 nitrogen and oxygen atoms in total. The van der Waals surface area contributed by atoms with Crippen molar-refractivity contribution in [1.82, 2.24) is 4.90 Å². The van der Waals surface area contributed by atoms with Gasteiger partial charge in [0, 0.05) is 12.6 Å². The van der Waals surface area contributed by atoms with E-state index in [4.69, 9.17) is 5.73 Å². The van der Waals surface area contributed by atoms with Crippen LogP contribution in [-0.2, 0) is 0 Å². The molecule has 2 rings (SSSR count). The number of nitrogens with zero attached hydrogens (tertiary/aromatic N) is 1. The summed E-state index contributed by atoms with van der Waals surface area (Å²) in [6.07, 6.45) is 6.58. The van der Waals surface area contributed by atoms with E-state index in [0.717, 1.165) is 0 Å². The lowest BCUT2D eigenvalue weighted by Crippen LogP contribution is -2.47. The number of nitrogens with two attached hydrogens (primary N) is 1. The average Bonchev–Trinajstić information content (AvgIpc) is 2.51. The first-order valence-corrected chi connectivity index (χ1v) is 6.89.